The molecule has 0 aliphatic heterocycles. The van der Waals surface area contributed by atoms with Crippen LogP contribution in [0.15, 0.2) is 45.3 Å². The summed E-state index contributed by atoms with van der Waals surface area (Å²) in [5, 5.41) is 14.9. The molecule has 0 radical (unpaired) electrons. The van der Waals surface area contributed by atoms with Crippen LogP contribution in [-0.2, 0) is 0 Å². The highest BCUT2D eigenvalue weighted by atomic mass is 35.5. The lowest BCUT2D eigenvalue weighted by molar-refractivity contribution is -0.384. The monoisotopic (exact) mass is 334 g/mol. The molecule has 3 aromatic rings. The fraction of sp³-hybridized carbons (Fsp3) is 0.188. The first-order chi connectivity index (χ1) is 11.1. The van der Waals surface area contributed by atoms with Gasteiger partial charge in [-0.15, -0.1) is 0 Å². The maximum atomic E-state index is 10.7. The summed E-state index contributed by atoms with van der Waals surface area (Å²) in [6, 6.07) is 9.45. The van der Waals surface area contributed by atoms with Gasteiger partial charge in [0.1, 0.15) is 5.76 Å². The summed E-state index contributed by atoms with van der Waals surface area (Å²) in [5.74, 6) is 1.07. The van der Waals surface area contributed by atoms with Crippen LogP contribution in [0.5, 0.6) is 0 Å². The minimum Gasteiger partial charge on any atom is -0.443 e. The van der Waals surface area contributed by atoms with Crippen molar-refractivity contribution in [3.63, 3.8) is 0 Å². The normalized spacial score (nSPS) is 10.1. The molecule has 2 heterocycles. The van der Waals surface area contributed by atoms with E-state index in [-0.39, 0.29) is 10.9 Å². The molecule has 0 aliphatic rings. The molecule has 6 nitrogen and oxygen atoms in total. The third kappa shape index (κ3) is 3.43. The topological polar surface area (TPSA) is 82.3 Å². The molecular weight excluding hydrogens is 320 g/mol. The van der Waals surface area contributed by atoms with Gasteiger partial charge in [-0.2, -0.15) is 0 Å². The predicted molar refractivity (Wildman–Crippen MR) is 87.4 cm³/mol. The Bertz CT molecular complexity index is 806. The SMILES string of the molecule is CC.Cc1onc(-c2ccc(Cl)o2)c1-c1ccc([N+](=O)[O-])cc1. The van der Waals surface area contributed by atoms with Crippen LogP contribution in [0.2, 0.25) is 5.22 Å². The number of aromatic nitrogens is 1. The number of nitrogens with zero attached hydrogens (tertiary/aromatic N) is 2. The van der Waals surface area contributed by atoms with Crippen molar-refractivity contribution >= 4 is 17.3 Å². The van der Waals surface area contributed by atoms with Crippen LogP contribution in [0, 0.1) is 17.0 Å². The number of furan rings is 1. The van der Waals surface area contributed by atoms with E-state index in [1.807, 2.05) is 13.8 Å². The van der Waals surface area contributed by atoms with E-state index >= 15 is 0 Å². The molecule has 23 heavy (non-hydrogen) atoms. The zero-order valence-corrected chi connectivity index (χ0v) is 13.6. The Morgan fingerprint density at radius 3 is 2.30 bits per heavy atom. The molecule has 3 rings (SSSR count). The van der Waals surface area contributed by atoms with Gasteiger partial charge in [-0.3, -0.25) is 10.1 Å². The molecule has 0 bridgehead atoms. The standard InChI is InChI=1S/C14H9ClN2O4.C2H6/c1-8-13(9-2-4-10(5-3-9)17(18)19)14(16-21-8)11-6-7-12(15)20-11;1-2/h2-7H,1H3;1-2H3. The lowest BCUT2D eigenvalue weighted by Gasteiger charge is -2.01. The van der Waals surface area contributed by atoms with E-state index in [0.717, 1.165) is 11.1 Å². The number of nitro groups is 1. The summed E-state index contributed by atoms with van der Waals surface area (Å²) >= 11 is 5.77. The number of aryl methyl sites for hydroxylation is 1. The van der Waals surface area contributed by atoms with Crippen LogP contribution < -0.4 is 0 Å². The van der Waals surface area contributed by atoms with Gasteiger partial charge in [0.15, 0.2) is 16.7 Å². The van der Waals surface area contributed by atoms with Crippen molar-refractivity contribution in [2.45, 2.75) is 20.8 Å². The molecule has 0 amide bonds. The van der Waals surface area contributed by atoms with Crippen molar-refractivity contribution in [3.8, 4) is 22.6 Å². The zero-order chi connectivity index (χ0) is 17.0. The summed E-state index contributed by atoms with van der Waals surface area (Å²) < 4.78 is 10.5. The number of hydrogen-bond donors (Lipinski definition) is 0. The van der Waals surface area contributed by atoms with Gasteiger partial charge in [0.25, 0.3) is 5.69 Å². The summed E-state index contributed by atoms with van der Waals surface area (Å²) in [6.45, 7) is 5.76. The lowest BCUT2D eigenvalue weighted by Crippen LogP contribution is -1.88. The maximum Gasteiger partial charge on any atom is 0.269 e. The van der Waals surface area contributed by atoms with Crippen LogP contribution in [-0.4, -0.2) is 10.1 Å². The highest BCUT2D eigenvalue weighted by Crippen LogP contribution is 2.36. The van der Waals surface area contributed by atoms with E-state index in [1.165, 1.54) is 12.1 Å². The Balaban J connectivity index is 0.000000924. The summed E-state index contributed by atoms with van der Waals surface area (Å²) in [7, 11) is 0. The fourth-order valence-electron chi connectivity index (χ4n) is 2.07. The number of non-ortho nitro benzene ring substituents is 1. The molecule has 0 unspecified atom stereocenters. The fourth-order valence-corrected chi connectivity index (χ4v) is 2.22. The maximum absolute atomic E-state index is 10.7. The van der Waals surface area contributed by atoms with Crippen LogP contribution in [0.4, 0.5) is 5.69 Å². The molecule has 0 N–H and O–H groups in total. The Labute approximate surface area is 137 Å². The van der Waals surface area contributed by atoms with Crippen molar-refractivity contribution < 1.29 is 13.9 Å². The number of nitro benzene ring substituents is 1. The Hall–Kier alpha value is -2.60. The molecule has 0 saturated carbocycles. The first-order valence-corrected chi connectivity index (χ1v) is 7.41. The summed E-state index contributed by atoms with van der Waals surface area (Å²) in [4.78, 5) is 10.3. The predicted octanol–water partition coefficient (Wildman–Crippen LogP) is 5.50. The van der Waals surface area contributed by atoms with Gasteiger partial charge >= 0.3 is 0 Å². The van der Waals surface area contributed by atoms with Gasteiger partial charge in [0.05, 0.1) is 10.5 Å². The third-order valence-electron chi connectivity index (χ3n) is 3.04. The molecule has 0 aliphatic carbocycles. The molecule has 1 aromatic carbocycles. The lowest BCUT2D eigenvalue weighted by atomic mass is 10.0. The van der Waals surface area contributed by atoms with Gasteiger partial charge < -0.3 is 8.94 Å². The Morgan fingerprint density at radius 2 is 1.78 bits per heavy atom. The first-order valence-electron chi connectivity index (χ1n) is 7.03. The number of hydrogen-bond acceptors (Lipinski definition) is 5. The van der Waals surface area contributed by atoms with Crippen LogP contribution in [0.25, 0.3) is 22.6 Å². The highest BCUT2D eigenvalue weighted by Gasteiger charge is 2.19. The molecule has 0 saturated heterocycles. The number of benzene rings is 1. The number of rotatable bonds is 3. The van der Waals surface area contributed by atoms with Crippen LogP contribution >= 0.6 is 11.6 Å². The molecule has 7 heteroatoms. The minimum absolute atomic E-state index is 0.0236. The quantitative estimate of drug-likeness (QED) is 0.466. The smallest absolute Gasteiger partial charge is 0.269 e. The van der Waals surface area contributed by atoms with Crippen molar-refractivity contribution in [2.24, 2.45) is 0 Å². The molecule has 120 valence electrons. The summed E-state index contributed by atoms with van der Waals surface area (Å²) in [5.41, 5.74) is 2.00. The van der Waals surface area contributed by atoms with E-state index in [0.29, 0.717) is 17.2 Å². The van der Waals surface area contributed by atoms with E-state index in [1.54, 1.807) is 31.2 Å². The molecule has 0 spiro atoms. The van der Waals surface area contributed by atoms with Gasteiger partial charge in [-0.1, -0.05) is 19.0 Å². The van der Waals surface area contributed by atoms with Crippen molar-refractivity contribution in [1.82, 2.24) is 5.16 Å². The second-order valence-electron chi connectivity index (χ2n) is 4.37. The van der Waals surface area contributed by atoms with E-state index in [4.69, 9.17) is 20.5 Å². The largest absolute Gasteiger partial charge is 0.443 e. The molecule has 0 fully saturated rings. The average molecular weight is 335 g/mol. The van der Waals surface area contributed by atoms with Crippen LogP contribution in [0.1, 0.15) is 19.6 Å². The molecular formula is C16H15ClN2O4. The van der Waals surface area contributed by atoms with Gasteiger partial charge in [0.2, 0.25) is 0 Å². The molecule has 0 atom stereocenters. The Morgan fingerprint density at radius 1 is 1.13 bits per heavy atom. The highest BCUT2D eigenvalue weighted by molar-refractivity contribution is 6.29. The van der Waals surface area contributed by atoms with Crippen molar-refractivity contribution in [1.29, 1.82) is 0 Å². The number of halogens is 1. The Kier molecular flexibility index (Phi) is 5.18. The minimum atomic E-state index is -0.447. The van der Waals surface area contributed by atoms with E-state index in [9.17, 15) is 10.1 Å². The van der Waals surface area contributed by atoms with Crippen LogP contribution in [0.3, 0.4) is 0 Å². The van der Waals surface area contributed by atoms with E-state index < -0.39 is 4.92 Å². The molecule has 2 aromatic heterocycles. The van der Waals surface area contributed by atoms with Crippen molar-refractivity contribution in [3.05, 3.63) is 57.5 Å². The average Bonchev–Trinajstić information content (AvgIpc) is 3.15. The van der Waals surface area contributed by atoms with E-state index in [2.05, 4.69) is 5.16 Å². The van der Waals surface area contributed by atoms with Gasteiger partial charge in [0, 0.05) is 12.1 Å². The second kappa shape index (κ2) is 7.11. The van der Waals surface area contributed by atoms with Gasteiger partial charge in [-0.05, 0) is 48.4 Å². The zero-order valence-electron chi connectivity index (χ0n) is 12.9. The first kappa shape index (κ1) is 16.8. The summed E-state index contributed by atoms with van der Waals surface area (Å²) in [6.07, 6.45) is 0. The second-order valence-corrected chi connectivity index (χ2v) is 4.74. The van der Waals surface area contributed by atoms with Crippen molar-refractivity contribution in [2.75, 3.05) is 0 Å². The third-order valence-corrected chi connectivity index (χ3v) is 3.24. The van der Waals surface area contributed by atoms with Gasteiger partial charge in [-0.25, -0.2) is 0 Å².